The Hall–Kier alpha value is -1.92. The van der Waals surface area contributed by atoms with Crippen LogP contribution in [-0.2, 0) is 6.54 Å². The van der Waals surface area contributed by atoms with Gasteiger partial charge in [0.25, 0.3) is 5.91 Å². The van der Waals surface area contributed by atoms with Gasteiger partial charge in [-0.1, -0.05) is 6.07 Å². The molecule has 0 fully saturated rings. The number of nitrogens with one attached hydrogen (secondary N) is 1. The summed E-state index contributed by atoms with van der Waals surface area (Å²) in [5, 5.41) is 0. The summed E-state index contributed by atoms with van der Waals surface area (Å²) in [4.78, 5) is 15.3. The van der Waals surface area contributed by atoms with Crippen LogP contribution < -0.4 is 16.2 Å². The number of carbonyl (C=O) groups is 1. The van der Waals surface area contributed by atoms with Gasteiger partial charge in [0, 0.05) is 23.7 Å². The molecular formula is C15H18FN3OS. The van der Waals surface area contributed by atoms with Crippen molar-refractivity contribution in [2.24, 2.45) is 5.84 Å². The molecule has 1 aromatic carbocycles. The average molecular weight is 307 g/mol. The van der Waals surface area contributed by atoms with E-state index in [1.54, 1.807) is 6.07 Å². The number of hydrazine groups is 1. The lowest BCUT2D eigenvalue weighted by Crippen LogP contribution is -2.29. The van der Waals surface area contributed by atoms with Crippen LogP contribution in [0.2, 0.25) is 0 Å². The number of aryl methyl sites for hydroxylation is 1. The van der Waals surface area contributed by atoms with Gasteiger partial charge in [0.1, 0.15) is 5.82 Å². The minimum atomic E-state index is -0.289. The van der Waals surface area contributed by atoms with Crippen LogP contribution >= 0.6 is 11.3 Å². The van der Waals surface area contributed by atoms with Crippen molar-refractivity contribution in [1.82, 2.24) is 5.43 Å². The van der Waals surface area contributed by atoms with Crippen LogP contribution in [0.4, 0.5) is 10.1 Å². The van der Waals surface area contributed by atoms with Crippen molar-refractivity contribution in [1.29, 1.82) is 0 Å². The second-order valence-electron chi connectivity index (χ2n) is 4.66. The first-order valence-electron chi connectivity index (χ1n) is 6.66. The maximum absolute atomic E-state index is 13.3. The molecule has 0 aliphatic heterocycles. The number of hydrogen-bond acceptors (Lipinski definition) is 4. The Labute approximate surface area is 127 Å². The molecule has 0 bridgehead atoms. The van der Waals surface area contributed by atoms with Crippen LogP contribution in [0, 0.1) is 12.7 Å². The molecular weight excluding hydrogens is 289 g/mol. The monoisotopic (exact) mass is 307 g/mol. The molecule has 3 N–H and O–H groups in total. The van der Waals surface area contributed by atoms with Gasteiger partial charge in [-0.3, -0.25) is 10.2 Å². The quantitative estimate of drug-likeness (QED) is 0.507. The van der Waals surface area contributed by atoms with E-state index in [0.29, 0.717) is 11.4 Å². The third-order valence-electron chi connectivity index (χ3n) is 3.29. The topological polar surface area (TPSA) is 58.4 Å². The fraction of sp³-hybridized carbons (Fsp3) is 0.267. The van der Waals surface area contributed by atoms with Gasteiger partial charge in [-0.15, -0.1) is 11.3 Å². The predicted octanol–water partition coefficient (Wildman–Crippen LogP) is 2.83. The van der Waals surface area contributed by atoms with Gasteiger partial charge in [0.15, 0.2) is 0 Å². The largest absolute Gasteiger partial charge is 0.367 e. The maximum Gasteiger partial charge on any atom is 0.275 e. The minimum Gasteiger partial charge on any atom is -0.367 e. The second kappa shape index (κ2) is 6.69. The molecule has 1 heterocycles. The summed E-state index contributed by atoms with van der Waals surface area (Å²) in [6.07, 6.45) is 0. The number of benzene rings is 1. The summed E-state index contributed by atoms with van der Waals surface area (Å²) in [7, 11) is 0. The molecule has 2 rings (SSSR count). The maximum atomic E-state index is 13.3. The number of carbonyl (C=O) groups excluding carboxylic acids is 1. The van der Waals surface area contributed by atoms with Gasteiger partial charge >= 0.3 is 0 Å². The van der Waals surface area contributed by atoms with E-state index in [-0.39, 0.29) is 11.7 Å². The number of thiophene rings is 1. The zero-order valence-corrected chi connectivity index (χ0v) is 12.8. The summed E-state index contributed by atoms with van der Waals surface area (Å²) < 4.78 is 13.3. The highest BCUT2D eigenvalue weighted by Gasteiger charge is 2.14. The number of nitrogen functional groups attached to an aromatic ring is 1. The Balaban J connectivity index is 2.23. The summed E-state index contributed by atoms with van der Waals surface area (Å²) in [6.45, 7) is 5.35. The number of nitrogens with zero attached hydrogens (tertiary/aromatic N) is 1. The lowest BCUT2D eigenvalue weighted by atomic mass is 10.2. The van der Waals surface area contributed by atoms with E-state index >= 15 is 0 Å². The number of halogens is 1. The van der Waals surface area contributed by atoms with Gasteiger partial charge in [0.05, 0.1) is 4.88 Å². The Bertz CT molecular complexity index is 642. The molecule has 0 spiro atoms. The highest BCUT2D eigenvalue weighted by molar-refractivity contribution is 7.14. The van der Waals surface area contributed by atoms with Crippen LogP contribution in [0.5, 0.6) is 0 Å². The van der Waals surface area contributed by atoms with Crippen LogP contribution in [-0.4, -0.2) is 12.5 Å². The number of amides is 1. The molecule has 1 aromatic heterocycles. The van der Waals surface area contributed by atoms with Gasteiger partial charge in [-0.05, 0) is 43.7 Å². The molecule has 6 heteroatoms. The molecule has 0 unspecified atom stereocenters. The first-order chi connectivity index (χ1) is 10.0. The zero-order chi connectivity index (χ0) is 15.4. The molecule has 0 radical (unpaired) electrons. The van der Waals surface area contributed by atoms with E-state index in [4.69, 9.17) is 5.84 Å². The third-order valence-corrected chi connectivity index (χ3v) is 4.38. The first kappa shape index (κ1) is 15.5. The Morgan fingerprint density at radius 2 is 2.19 bits per heavy atom. The zero-order valence-electron chi connectivity index (χ0n) is 12.0. The molecule has 0 saturated carbocycles. The van der Waals surface area contributed by atoms with E-state index in [9.17, 15) is 9.18 Å². The normalized spacial score (nSPS) is 10.5. The highest BCUT2D eigenvalue weighted by atomic mass is 32.1. The molecule has 21 heavy (non-hydrogen) atoms. The minimum absolute atomic E-state index is 0.254. The van der Waals surface area contributed by atoms with Crippen molar-refractivity contribution < 1.29 is 9.18 Å². The summed E-state index contributed by atoms with van der Waals surface area (Å²) in [5.74, 6) is 4.61. The lowest BCUT2D eigenvalue weighted by molar-refractivity contribution is 0.0957. The number of nitrogens with two attached hydrogens (primary N) is 1. The Kier molecular flexibility index (Phi) is 4.93. The third kappa shape index (κ3) is 3.59. The van der Waals surface area contributed by atoms with Crippen molar-refractivity contribution in [3.63, 3.8) is 0 Å². The predicted molar refractivity (Wildman–Crippen MR) is 83.8 cm³/mol. The van der Waals surface area contributed by atoms with Crippen molar-refractivity contribution in [2.75, 3.05) is 11.4 Å². The van der Waals surface area contributed by atoms with Crippen molar-refractivity contribution in [3.8, 4) is 0 Å². The van der Waals surface area contributed by atoms with Gasteiger partial charge in [0.2, 0.25) is 0 Å². The fourth-order valence-corrected chi connectivity index (χ4v) is 3.06. The Morgan fingerprint density at radius 1 is 1.43 bits per heavy atom. The van der Waals surface area contributed by atoms with E-state index < -0.39 is 0 Å². The molecule has 0 aliphatic rings. The SMILES string of the molecule is CCN(Cc1cc(C(=O)NN)sc1C)c1cccc(F)c1. The fourth-order valence-electron chi connectivity index (χ4n) is 2.12. The van der Waals surface area contributed by atoms with Crippen molar-refractivity contribution in [2.45, 2.75) is 20.4 Å². The van der Waals surface area contributed by atoms with Crippen LogP contribution in [0.3, 0.4) is 0 Å². The van der Waals surface area contributed by atoms with Crippen LogP contribution in [0.25, 0.3) is 0 Å². The summed E-state index contributed by atoms with van der Waals surface area (Å²) >= 11 is 1.41. The lowest BCUT2D eigenvalue weighted by Gasteiger charge is -2.23. The van der Waals surface area contributed by atoms with Crippen LogP contribution in [0.15, 0.2) is 30.3 Å². The molecule has 0 aliphatic carbocycles. The number of rotatable bonds is 5. The number of anilines is 1. The number of hydrogen-bond donors (Lipinski definition) is 2. The standard InChI is InChI=1S/C15H18FN3OS/c1-3-19(13-6-4-5-12(16)8-13)9-11-7-14(15(20)18-17)21-10(11)2/h4-8H,3,9,17H2,1-2H3,(H,18,20). The first-order valence-corrected chi connectivity index (χ1v) is 7.47. The second-order valence-corrected chi connectivity index (χ2v) is 5.92. The van der Waals surface area contributed by atoms with E-state index in [1.165, 1.54) is 23.5 Å². The average Bonchev–Trinajstić information content (AvgIpc) is 2.85. The summed E-state index contributed by atoms with van der Waals surface area (Å²) in [6, 6.07) is 8.35. The highest BCUT2D eigenvalue weighted by Crippen LogP contribution is 2.25. The molecule has 2 aromatic rings. The van der Waals surface area contributed by atoms with Crippen LogP contribution in [0.1, 0.15) is 27.0 Å². The van der Waals surface area contributed by atoms with E-state index in [0.717, 1.165) is 22.7 Å². The van der Waals surface area contributed by atoms with E-state index in [2.05, 4.69) is 10.3 Å². The summed E-state index contributed by atoms with van der Waals surface area (Å²) in [5.41, 5.74) is 4.01. The smallest absolute Gasteiger partial charge is 0.275 e. The van der Waals surface area contributed by atoms with Crippen molar-refractivity contribution >= 4 is 22.9 Å². The molecule has 112 valence electrons. The van der Waals surface area contributed by atoms with Gasteiger partial charge in [-0.2, -0.15) is 0 Å². The van der Waals surface area contributed by atoms with Crippen molar-refractivity contribution in [3.05, 3.63) is 51.5 Å². The van der Waals surface area contributed by atoms with Gasteiger partial charge < -0.3 is 4.90 Å². The molecule has 4 nitrogen and oxygen atoms in total. The molecule has 0 atom stereocenters. The van der Waals surface area contributed by atoms with E-state index in [1.807, 2.05) is 26.0 Å². The Morgan fingerprint density at radius 3 is 2.81 bits per heavy atom. The molecule has 0 saturated heterocycles. The molecule has 1 amide bonds. The van der Waals surface area contributed by atoms with Gasteiger partial charge in [-0.25, -0.2) is 10.2 Å².